The Hall–Kier alpha value is -0.800. The Morgan fingerprint density at radius 3 is 2.73 bits per heavy atom. The first kappa shape index (κ1) is 12.3. The molecule has 15 heavy (non-hydrogen) atoms. The number of nitrogens with one attached hydrogen (secondary N) is 1. The molecule has 0 aliphatic rings. The zero-order valence-corrected chi connectivity index (χ0v) is 10.2. The van der Waals surface area contributed by atoms with Gasteiger partial charge in [0.2, 0.25) is 0 Å². The Kier molecular flexibility index (Phi) is 4.85. The number of nitrogens with zero attached hydrogens (tertiary/aromatic N) is 1. The second-order valence-corrected chi connectivity index (χ2v) is 4.11. The molecule has 0 bridgehead atoms. The van der Waals surface area contributed by atoms with Gasteiger partial charge in [0.1, 0.15) is 5.76 Å². The highest BCUT2D eigenvalue weighted by Gasteiger charge is 2.10. The average Bonchev–Trinajstić information content (AvgIpc) is 2.62. The van der Waals surface area contributed by atoms with Crippen LogP contribution in [0, 0.1) is 0 Å². The van der Waals surface area contributed by atoms with Crippen LogP contribution in [0.15, 0.2) is 16.7 Å². The zero-order chi connectivity index (χ0) is 11.3. The van der Waals surface area contributed by atoms with Crippen molar-refractivity contribution in [3.63, 3.8) is 0 Å². The van der Waals surface area contributed by atoms with Gasteiger partial charge in [0.15, 0.2) is 0 Å². The average molecular weight is 210 g/mol. The van der Waals surface area contributed by atoms with Crippen LogP contribution in [0.5, 0.6) is 0 Å². The van der Waals surface area contributed by atoms with Crippen LogP contribution in [0.2, 0.25) is 0 Å². The van der Waals surface area contributed by atoms with Gasteiger partial charge in [0, 0.05) is 18.2 Å². The van der Waals surface area contributed by atoms with E-state index in [0.717, 1.165) is 25.4 Å². The number of rotatable bonds is 6. The molecule has 0 saturated heterocycles. The molecule has 0 amide bonds. The quantitative estimate of drug-likeness (QED) is 0.780. The predicted molar refractivity (Wildman–Crippen MR) is 62.7 cm³/mol. The summed E-state index contributed by atoms with van der Waals surface area (Å²) in [5, 5.41) is 3.11. The van der Waals surface area contributed by atoms with Crippen LogP contribution in [-0.4, -0.2) is 24.5 Å². The molecule has 0 atom stereocenters. The maximum Gasteiger partial charge on any atom is 0.118 e. The molecular weight excluding hydrogens is 188 g/mol. The number of hydrogen-bond donors (Lipinski definition) is 1. The Morgan fingerprint density at radius 1 is 1.47 bits per heavy atom. The van der Waals surface area contributed by atoms with Crippen LogP contribution in [0.25, 0.3) is 0 Å². The molecule has 86 valence electrons. The van der Waals surface area contributed by atoms with Crippen LogP contribution < -0.4 is 5.32 Å². The van der Waals surface area contributed by atoms with E-state index in [1.807, 2.05) is 13.3 Å². The lowest BCUT2D eigenvalue weighted by molar-refractivity contribution is 0.207. The summed E-state index contributed by atoms with van der Waals surface area (Å²) < 4.78 is 5.52. The molecular formula is C12H22N2O. The van der Waals surface area contributed by atoms with Gasteiger partial charge in [-0.25, -0.2) is 0 Å². The van der Waals surface area contributed by atoms with Gasteiger partial charge in [-0.1, -0.05) is 6.92 Å². The van der Waals surface area contributed by atoms with E-state index < -0.39 is 0 Å². The molecule has 0 unspecified atom stereocenters. The van der Waals surface area contributed by atoms with E-state index in [1.165, 1.54) is 5.56 Å². The minimum atomic E-state index is 0.563. The van der Waals surface area contributed by atoms with Gasteiger partial charge < -0.3 is 9.73 Å². The van der Waals surface area contributed by atoms with Crippen LogP contribution in [0.4, 0.5) is 0 Å². The summed E-state index contributed by atoms with van der Waals surface area (Å²) in [7, 11) is 1.94. The van der Waals surface area contributed by atoms with Crippen molar-refractivity contribution in [2.24, 2.45) is 0 Å². The van der Waals surface area contributed by atoms with Gasteiger partial charge >= 0.3 is 0 Å². The summed E-state index contributed by atoms with van der Waals surface area (Å²) in [6.07, 6.45) is 1.83. The van der Waals surface area contributed by atoms with Crippen LogP contribution in [0.3, 0.4) is 0 Å². The van der Waals surface area contributed by atoms with Gasteiger partial charge in [0.25, 0.3) is 0 Å². The van der Waals surface area contributed by atoms with Gasteiger partial charge in [-0.2, -0.15) is 0 Å². The molecule has 3 heteroatoms. The minimum absolute atomic E-state index is 0.563. The third kappa shape index (κ3) is 3.68. The lowest BCUT2D eigenvalue weighted by Gasteiger charge is -2.23. The van der Waals surface area contributed by atoms with Crippen LogP contribution in [-0.2, 0) is 13.1 Å². The zero-order valence-electron chi connectivity index (χ0n) is 10.2. The SMILES string of the molecule is CCN(Cc1cc(CNC)co1)C(C)C. The van der Waals surface area contributed by atoms with Crippen LogP contribution in [0.1, 0.15) is 32.1 Å². The van der Waals surface area contributed by atoms with Crippen molar-refractivity contribution in [3.05, 3.63) is 23.7 Å². The number of hydrogen-bond acceptors (Lipinski definition) is 3. The van der Waals surface area contributed by atoms with Crippen molar-refractivity contribution in [1.29, 1.82) is 0 Å². The summed E-state index contributed by atoms with van der Waals surface area (Å²) in [6.45, 7) is 9.42. The first-order chi connectivity index (χ1) is 7.17. The van der Waals surface area contributed by atoms with E-state index in [9.17, 15) is 0 Å². The van der Waals surface area contributed by atoms with E-state index in [1.54, 1.807) is 0 Å². The Balaban J connectivity index is 2.55. The molecule has 1 N–H and O–H groups in total. The smallest absolute Gasteiger partial charge is 0.118 e. The summed E-state index contributed by atoms with van der Waals surface area (Å²) in [5.41, 5.74) is 1.22. The molecule has 3 nitrogen and oxygen atoms in total. The summed E-state index contributed by atoms with van der Waals surface area (Å²) in [4.78, 5) is 2.38. The minimum Gasteiger partial charge on any atom is -0.468 e. The molecule has 1 aromatic rings. The van der Waals surface area contributed by atoms with Crippen molar-refractivity contribution in [1.82, 2.24) is 10.2 Å². The molecule has 0 aliphatic heterocycles. The van der Waals surface area contributed by atoms with E-state index in [-0.39, 0.29) is 0 Å². The summed E-state index contributed by atoms with van der Waals surface area (Å²) in [5.74, 6) is 1.05. The van der Waals surface area contributed by atoms with Gasteiger partial charge in [-0.3, -0.25) is 4.90 Å². The molecule has 0 spiro atoms. The van der Waals surface area contributed by atoms with Crippen molar-refractivity contribution in [2.75, 3.05) is 13.6 Å². The largest absolute Gasteiger partial charge is 0.468 e. The lowest BCUT2D eigenvalue weighted by atomic mass is 10.2. The highest BCUT2D eigenvalue weighted by Crippen LogP contribution is 2.12. The van der Waals surface area contributed by atoms with Gasteiger partial charge in [-0.05, 0) is 33.5 Å². The Labute approximate surface area is 92.5 Å². The van der Waals surface area contributed by atoms with Crippen molar-refractivity contribution < 1.29 is 4.42 Å². The van der Waals surface area contributed by atoms with Crippen molar-refractivity contribution in [3.8, 4) is 0 Å². The highest BCUT2D eigenvalue weighted by atomic mass is 16.3. The van der Waals surface area contributed by atoms with Gasteiger partial charge in [0.05, 0.1) is 12.8 Å². The topological polar surface area (TPSA) is 28.4 Å². The summed E-state index contributed by atoms with van der Waals surface area (Å²) >= 11 is 0. The third-order valence-corrected chi connectivity index (χ3v) is 2.58. The van der Waals surface area contributed by atoms with E-state index >= 15 is 0 Å². The Bertz CT molecular complexity index is 281. The maximum atomic E-state index is 5.52. The van der Waals surface area contributed by atoms with Crippen molar-refractivity contribution in [2.45, 2.75) is 39.9 Å². The van der Waals surface area contributed by atoms with E-state index in [2.05, 4.69) is 37.1 Å². The maximum absolute atomic E-state index is 5.52. The third-order valence-electron chi connectivity index (χ3n) is 2.58. The molecule has 1 heterocycles. The molecule has 1 rings (SSSR count). The predicted octanol–water partition coefficient (Wildman–Crippen LogP) is 2.23. The molecule has 0 fully saturated rings. The first-order valence-electron chi connectivity index (χ1n) is 5.62. The lowest BCUT2D eigenvalue weighted by Crippen LogP contribution is -2.29. The molecule has 0 aromatic carbocycles. The molecule has 1 aromatic heterocycles. The monoisotopic (exact) mass is 210 g/mol. The fraction of sp³-hybridized carbons (Fsp3) is 0.667. The second-order valence-electron chi connectivity index (χ2n) is 4.11. The standard InChI is InChI=1S/C12H22N2O/c1-5-14(10(2)3)8-12-6-11(7-13-4)9-15-12/h6,9-10,13H,5,7-8H2,1-4H3. The van der Waals surface area contributed by atoms with Crippen LogP contribution >= 0.6 is 0 Å². The van der Waals surface area contributed by atoms with E-state index in [4.69, 9.17) is 4.42 Å². The fourth-order valence-electron chi connectivity index (χ4n) is 1.67. The first-order valence-corrected chi connectivity index (χ1v) is 5.62. The molecule has 0 aliphatic carbocycles. The van der Waals surface area contributed by atoms with Gasteiger partial charge in [-0.15, -0.1) is 0 Å². The molecule has 0 radical (unpaired) electrons. The van der Waals surface area contributed by atoms with Crippen molar-refractivity contribution >= 4 is 0 Å². The second kappa shape index (κ2) is 5.93. The molecule has 0 saturated carbocycles. The fourth-order valence-corrected chi connectivity index (χ4v) is 1.67. The van der Waals surface area contributed by atoms with E-state index in [0.29, 0.717) is 6.04 Å². The number of furan rings is 1. The normalized spacial score (nSPS) is 11.6. The Morgan fingerprint density at radius 2 is 2.20 bits per heavy atom. The summed E-state index contributed by atoms with van der Waals surface area (Å²) in [6, 6.07) is 2.69. The highest BCUT2D eigenvalue weighted by molar-refractivity contribution is 5.12.